The Hall–Kier alpha value is -1.75. The molecule has 1 aliphatic carbocycles. The quantitative estimate of drug-likeness (QED) is 0.898. The van der Waals surface area contributed by atoms with Gasteiger partial charge in [0.25, 0.3) is 5.91 Å². The lowest BCUT2D eigenvalue weighted by atomic mass is 10.1. The minimum Gasteiger partial charge on any atom is -0.410 e. The zero-order valence-corrected chi connectivity index (χ0v) is 12.7. The molecule has 0 radical (unpaired) electrons. The zero-order valence-electron chi connectivity index (χ0n) is 11.9. The number of hydrogen-bond acceptors (Lipinski definition) is 3. The first-order chi connectivity index (χ1) is 10.1. The molecule has 0 spiro atoms. The second kappa shape index (κ2) is 7.31. The number of carbonyl (C=O) groups excluding carboxylic acids is 2. The molecule has 2 N–H and O–H groups in total. The van der Waals surface area contributed by atoms with E-state index in [1.165, 1.54) is 6.07 Å². The van der Waals surface area contributed by atoms with E-state index in [1.807, 2.05) is 0 Å². The van der Waals surface area contributed by atoms with E-state index in [0.29, 0.717) is 17.9 Å². The average molecular weight is 311 g/mol. The van der Waals surface area contributed by atoms with E-state index in [4.69, 9.17) is 16.3 Å². The van der Waals surface area contributed by atoms with Gasteiger partial charge in [-0.25, -0.2) is 4.79 Å². The molecule has 0 aliphatic heterocycles. The molecular formula is C15H19ClN2O3. The van der Waals surface area contributed by atoms with Crippen molar-refractivity contribution in [2.45, 2.75) is 38.6 Å². The van der Waals surface area contributed by atoms with Crippen LogP contribution in [0.4, 0.5) is 4.79 Å². The number of rotatable bonds is 4. The van der Waals surface area contributed by atoms with Gasteiger partial charge in [0, 0.05) is 18.7 Å². The highest BCUT2D eigenvalue weighted by Gasteiger charge is 2.19. The van der Waals surface area contributed by atoms with E-state index in [0.717, 1.165) is 25.7 Å². The van der Waals surface area contributed by atoms with Crippen molar-refractivity contribution in [3.05, 3.63) is 28.8 Å². The maximum Gasteiger partial charge on any atom is 0.412 e. The lowest BCUT2D eigenvalue weighted by Gasteiger charge is -2.13. The van der Waals surface area contributed by atoms with Gasteiger partial charge in [-0.1, -0.05) is 24.4 Å². The normalized spacial score (nSPS) is 14.8. The van der Waals surface area contributed by atoms with Gasteiger partial charge in [-0.15, -0.1) is 0 Å². The molecule has 114 valence electrons. The Morgan fingerprint density at radius 3 is 2.67 bits per heavy atom. The van der Waals surface area contributed by atoms with Crippen molar-refractivity contribution < 1.29 is 14.3 Å². The first-order valence-corrected chi connectivity index (χ1v) is 7.54. The van der Waals surface area contributed by atoms with Gasteiger partial charge < -0.3 is 15.4 Å². The summed E-state index contributed by atoms with van der Waals surface area (Å²) in [5, 5.41) is 5.76. The highest BCUT2D eigenvalue weighted by Crippen LogP contribution is 2.24. The van der Waals surface area contributed by atoms with Gasteiger partial charge in [-0.05, 0) is 31.9 Å². The number of benzene rings is 1. The predicted molar refractivity (Wildman–Crippen MR) is 80.9 cm³/mol. The molecule has 2 amide bonds. The first-order valence-electron chi connectivity index (χ1n) is 7.16. The molecule has 1 aromatic rings. The number of hydrogen-bond donors (Lipinski definition) is 2. The summed E-state index contributed by atoms with van der Waals surface area (Å²) in [6, 6.07) is 4.84. The summed E-state index contributed by atoms with van der Waals surface area (Å²) >= 11 is 6.10. The van der Waals surface area contributed by atoms with Crippen molar-refractivity contribution in [3.8, 4) is 5.75 Å². The first kappa shape index (κ1) is 15.6. The van der Waals surface area contributed by atoms with Crippen LogP contribution in [0, 0.1) is 0 Å². The van der Waals surface area contributed by atoms with E-state index in [-0.39, 0.29) is 17.0 Å². The third-order valence-corrected chi connectivity index (χ3v) is 3.72. The Labute approximate surface area is 129 Å². The highest BCUT2D eigenvalue weighted by molar-refractivity contribution is 6.34. The van der Waals surface area contributed by atoms with Crippen LogP contribution in [0.2, 0.25) is 5.02 Å². The Bertz CT molecular complexity index is 528. The molecular weight excluding hydrogens is 292 g/mol. The van der Waals surface area contributed by atoms with Crippen molar-refractivity contribution in [1.82, 2.24) is 10.6 Å². The fourth-order valence-electron chi connectivity index (χ4n) is 2.36. The molecule has 1 aliphatic rings. The summed E-state index contributed by atoms with van der Waals surface area (Å²) in [4.78, 5) is 23.5. The molecule has 0 saturated heterocycles. The van der Waals surface area contributed by atoms with Gasteiger partial charge in [0.1, 0.15) is 5.75 Å². The molecule has 1 aromatic carbocycles. The second-order valence-electron chi connectivity index (χ2n) is 5.02. The SMILES string of the molecule is CCNC(=O)Oc1ccc(C(=O)NC2CCCC2)c(Cl)c1. The molecule has 0 bridgehead atoms. The lowest BCUT2D eigenvalue weighted by Crippen LogP contribution is -2.32. The third-order valence-electron chi connectivity index (χ3n) is 3.41. The number of carbonyl (C=O) groups is 2. The van der Waals surface area contributed by atoms with Crippen LogP contribution in [-0.2, 0) is 0 Å². The summed E-state index contributed by atoms with van der Waals surface area (Å²) < 4.78 is 5.04. The predicted octanol–water partition coefficient (Wildman–Crippen LogP) is 3.12. The standard InChI is InChI=1S/C15H19ClN2O3/c1-2-17-15(20)21-11-7-8-12(13(16)9-11)14(19)18-10-5-3-4-6-10/h7-10H,2-6H2,1H3,(H,17,20)(H,18,19). The van der Waals surface area contributed by atoms with Gasteiger partial charge in [-0.3, -0.25) is 4.79 Å². The Morgan fingerprint density at radius 1 is 1.33 bits per heavy atom. The van der Waals surface area contributed by atoms with E-state index < -0.39 is 6.09 Å². The van der Waals surface area contributed by atoms with Crippen molar-refractivity contribution in [1.29, 1.82) is 0 Å². The lowest BCUT2D eigenvalue weighted by molar-refractivity contribution is 0.0938. The van der Waals surface area contributed by atoms with Crippen LogP contribution in [0.1, 0.15) is 43.0 Å². The second-order valence-corrected chi connectivity index (χ2v) is 5.42. The molecule has 6 heteroatoms. The summed E-state index contributed by atoms with van der Waals surface area (Å²) in [5.41, 5.74) is 0.395. The smallest absolute Gasteiger partial charge is 0.410 e. The van der Waals surface area contributed by atoms with Crippen LogP contribution < -0.4 is 15.4 Å². The van der Waals surface area contributed by atoms with Crippen molar-refractivity contribution in [3.63, 3.8) is 0 Å². The van der Waals surface area contributed by atoms with Crippen LogP contribution in [0.5, 0.6) is 5.75 Å². The van der Waals surface area contributed by atoms with Gasteiger partial charge in [0.15, 0.2) is 0 Å². The zero-order chi connectivity index (χ0) is 15.2. The largest absolute Gasteiger partial charge is 0.412 e. The van der Waals surface area contributed by atoms with E-state index in [2.05, 4.69) is 10.6 Å². The van der Waals surface area contributed by atoms with Gasteiger partial charge in [-0.2, -0.15) is 0 Å². The van der Waals surface area contributed by atoms with E-state index in [9.17, 15) is 9.59 Å². The third kappa shape index (κ3) is 4.36. The van der Waals surface area contributed by atoms with Crippen LogP contribution in [0.25, 0.3) is 0 Å². The Balaban J connectivity index is 2.00. The van der Waals surface area contributed by atoms with Gasteiger partial charge in [0.2, 0.25) is 0 Å². The van der Waals surface area contributed by atoms with Crippen molar-refractivity contribution >= 4 is 23.6 Å². The van der Waals surface area contributed by atoms with Crippen molar-refractivity contribution in [2.24, 2.45) is 0 Å². The topological polar surface area (TPSA) is 67.4 Å². The average Bonchev–Trinajstić information content (AvgIpc) is 2.91. The maximum absolute atomic E-state index is 12.1. The van der Waals surface area contributed by atoms with E-state index >= 15 is 0 Å². The minimum atomic E-state index is -0.545. The fraction of sp³-hybridized carbons (Fsp3) is 0.467. The van der Waals surface area contributed by atoms with Crippen LogP contribution in [0.3, 0.4) is 0 Å². The number of amides is 2. The number of halogens is 1. The fourth-order valence-corrected chi connectivity index (χ4v) is 2.62. The highest BCUT2D eigenvalue weighted by atomic mass is 35.5. The minimum absolute atomic E-state index is 0.184. The van der Waals surface area contributed by atoms with Crippen molar-refractivity contribution in [2.75, 3.05) is 6.54 Å². The Kier molecular flexibility index (Phi) is 5.44. The van der Waals surface area contributed by atoms with Crippen LogP contribution in [0.15, 0.2) is 18.2 Å². The Morgan fingerprint density at radius 2 is 2.05 bits per heavy atom. The monoisotopic (exact) mass is 310 g/mol. The number of ether oxygens (including phenoxy) is 1. The molecule has 1 saturated carbocycles. The van der Waals surface area contributed by atoms with Gasteiger partial charge >= 0.3 is 6.09 Å². The molecule has 0 heterocycles. The van der Waals surface area contributed by atoms with Crippen LogP contribution >= 0.6 is 11.6 Å². The maximum atomic E-state index is 12.1. The summed E-state index contributed by atoms with van der Waals surface area (Å²) in [5.74, 6) is 0.125. The molecule has 0 aromatic heterocycles. The number of nitrogens with one attached hydrogen (secondary N) is 2. The molecule has 2 rings (SSSR count). The summed E-state index contributed by atoms with van der Waals surface area (Å²) in [7, 11) is 0. The molecule has 0 unspecified atom stereocenters. The molecule has 1 fully saturated rings. The van der Waals surface area contributed by atoms with E-state index in [1.54, 1.807) is 19.1 Å². The van der Waals surface area contributed by atoms with Gasteiger partial charge in [0.05, 0.1) is 10.6 Å². The summed E-state index contributed by atoms with van der Waals surface area (Å²) in [6.07, 6.45) is 3.79. The summed E-state index contributed by atoms with van der Waals surface area (Å²) in [6.45, 7) is 2.28. The molecule has 0 atom stereocenters. The van der Waals surface area contributed by atoms with Crippen LogP contribution in [-0.4, -0.2) is 24.6 Å². The molecule has 5 nitrogen and oxygen atoms in total. The molecule has 21 heavy (non-hydrogen) atoms.